The molecule has 0 aliphatic carbocycles. The Morgan fingerprint density at radius 1 is 1.12 bits per heavy atom. The fourth-order valence-electron chi connectivity index (χ4n) is 2.91. The summed E-state index contributed by atoms with van der Waals surface area (Å²) in [7, 11) is 1.65. The van der Waals surface area contributed by atoms with Gasteiger partial charge in [-0.25, -0.2) is 0 Å². The van der Waals surface area contributed by atoms with E-state index in [9.17, 15) is 0 Å². The average molecular weight is 354 g/mol. The summed E-state index contributed by atoms with van der Waals surface area (Å²) in [4.78, 5) is 3.98. The number of nitrogens with zero attached hydrogens (tertiary/aromatic N) is 3. The summed E-state index contributed by atoms with van der Waals surface area (Å²) in [6.45, 7) is 0.475. The van der Waals surface area contributed by atoms with E-state index in [2.05, 4.69) is 15.1 Å². The molecule has 0 atom stereocenters. The molecule has 2 N–H and O–H groups in total. The number of H-pyrrole nitrogens is 1. The van der Waals surface area contributed by atoms with Gasteiger partial charge in [-0.2, -0.15) is 5.10 Å². The fourth-order valence-corrected chi connectivity index (χ4v) is 3.03. The lowest BCUT2D eigenvalue weighted by Crippen LogP contribution is -2.44. The Balaban J connectivity index is 1.78. The maximum atomic E-state index is 8.55. The minimum absolute atomic E-state index is 0.394. The Bertz CT molecular complexity index is 921. The normalized spacial score (nSPS) is 13.8. The molecule has 25 heavy (non-hydrogen) atoms. The molecule has 7 heteroatoms. The van der Waals surface area contributed by atoms with Gasteiger partial charge in [0.15, 0.2) is 0 Å². The van der Waals surface area contributed by atoms with Gasteiger partial charge >= 0.3 is 0 Å². The van der Waals surface area contributed by atoms with Crippen molar-refractivity contribution in [2.75, 3.05) is 23.6 Å². The van der Waals surface area contributed by atoms with E-state index >= 15 is 0 Å². The number of nitrogens with one attached hydrogen (secondary N) is 2. The Kier molecular flexibility index (Phi) is 3.82. The fraction of sp³-hybridized carbons (Fsp3) is 0.111. The number of aromatic amines is 1. The number of benzene rings is 2. The Morgan fingerprint density at radius 3 is 2.68 bits per heavy atom. The van der Waals surface area contributed by atoms with Gasteiger partial charge in [-0.3, -0.25) is 10.5 Å². The molecule has 6 nitrogen and oxygen atoms in total. The van der Waals surface area contributed by atoms with Gasteiger partial charge in [0, 0.05) is 22.5 Å². The number of anilines is 3. The first-order valence-corrected chi connectivity index (χ1v) is 8.12. The van der Waals surface area contributed by atoms with E-state index in [4.69, 9.17) is 21.7 Å². The van der Waals surface area contributed by atoms with Crippen LogP contribution in [-0.4, -0.2) is 29.8 Å². The van der Waals surface area contributed by atoms with Crippen molar-refractivity contribution in [3.63, 3.8) is 0 Å². The van der Waals surface area contributed by atoms with Crippen LogP contribution in [0.1, 0.15) is 5.56 Å². The standard InChI is InChI=1S/C18H16ClN5O/c1-25-15-4-2-3-14(9-15)24-11-23(13-7-5-12(19)6-8-13)17(20)16-10-21-22-18(16)24/h2-10,20H,11H2,1H3,(H,21,22). The van der Waals surface area contributed by atoms with E-state index in [0.29, 0.717) is 17.5 Å². The molecule has 0 unspecified atom stereocenters. The smallest absolute Gasteiger partial charge is 0.141 e. The van der Waals surface area contributed by atoms with E-state index in [0.717, 1.165) is 28.5 Å². The van der Waals surface area contributed by atoms with Crippen LogP contribution in [0.3, 0.4) is 0 Å². The van der Waals surface area contributed by atoms with Gasteiger partial charge in [-0.15, -0.1) is 0 Å². The first-order chi connectivity index (χ1) is 12.2. The van der Waals surface area contributed by atoms with Gasteiger partial charge in [-0.1, -0.05) is 17.7 Å². The highest BCUT2D eigenvalue weighted by atomic mass is 35.5. The SMILES string of the molecule is COc1cccc(N2CN(c3ccc(Cl)cc3)C(=N)c3cn[nH]c32)c1. The van der Waals surface area contributed by atoms with Crippen LogP contribution in [0.4, 0.5) is 17.2 Å². The molecular formula is C18H16ClN5O. The first kappa shape index (κ1) is 15.5. The Morgan fingerprint density at radius 2 is 1.92 bits per heavy atom. The number of fused-ring (bicyclic) bond motifs is 1. The molecule has 3 aromatic rings. The van der Waals surface area contributed by atoms with Gasteiger partial charge in [0.1, 0.15) is 24.1 Å². The highest BCUT2D eigenvalue weighted by Gasteiger charge is 2.30. The lowest BCUT2D eigenvalue weighted by molar-refractivity contribution is 0.415. The predicted octanol–water partition coefficient (Wildman–Crippen LogP) is 4.01. The summed E-state index contributed by atoms with van der Waals surface area (Å²) in [6.07, 6.45) is 1.67. The number of hydrogen-bond donors (Lipinski definition) is 2. The van der Waals surface area contributed by atoms with Crippen molar-refractivity contribution in [2.24, 2.45) is 0 Å². The Labute approximate surface area is 150 Å². The summed E-state index contributed by atoms with van der Waals surface area (Å²) in [5.74, 6) is 1.96. The van der Waals surface area contributed by atoms with Crippen LogP contribution in [0.15, 0.2) is 54.7 Å². The molecule has 1 aromatic heterocycles. The van der Waals surface area contributed by atoms with E-state index in [-0.39, 0.29) is 0 Å². The molecule has 0 saturated carbocycles. The molecule has 4 rings (SSSR count). The van der Waals surface area contributed by atoms with Gasteiger partial charge in [0.05, 0.1) is 18.9 Å². The third kappa shape index (κ3) is 2.70. The number of hydrogen-bond acceptors (Lipinski definition) is 4. The minimum atomic E-state index is 0.394. The number of aromatic nitrogens is 2. The molecule has 0 amide bonds. The van der Waals surface area contributed by atoms with Gasteiger partial charge in [-0.05, 0) is 36.4 Å². The lowest BCUT2D eigenvalue weighted by Gasteiger charge is -2.37. The number of amidine groups is 1. The molecule has 1 aliphatic heterocycles. The molecule has 0 radical (unpaired) electrons. The van der Waals surface area contributed by atoms with E-state index in [1.807, 2.05) is 53.4 Å². The highest BCUT2D eigenvalue weighted by Crippen LogP contribution is 2.35. The van der Waals surface area contributed by atoms with Crippen molar-refractivity contribution in [1.29, 1.82) is 5.41 Å². The van der Waals surface area contributed by atoms with Gasteiger partial charge < -0.3 is 14.5 Å². The molecule has 0 bridgehead atoms. The summed E-state index contributed by atoms with van der Waals surface area (Å²) >= 11 is 6.00. The van der Waals surface area contributed by atoms with E-state index < -0.39 is 0 Å². The third-order valence-corrected chi connectivity index (χ3v) is 4.45. The van der Waals surface area contributed by atoms with Gasteiger partial charge in [0.25, 0.3) is 0 Å². The molecule has 2 aromatic carbocycles. The molecule has 0 spiro atoms. The van der Waals surface area contributed by atoms with Crippen molar-refractivity contribution >= 4 is 34.6 Å². The zero-order valence-electron chi connectivity index (χ0n) is 13.5. The second-order valence-electron chi connectivity index (χ2n) is 5.66. The number of halogens is 1. The summed E-state index contributed by atoms with van der Waals surface area (Å²) < 4.78 is 5.34. The molecular weight excluding hydrogens is 338 g/mol. The summed E-state index contributed by atoms with van der Waals surface area (Å²) in [5.41, 5.74) is 2.59. The largest absolute Gasteiger partial charge is 0.497 e. The molecule has 0 saturated heterocycles. The molecule has 126 valence electrons. The Hall–Kier alpha value is -2.99. The second kappa shape index (κ2) is 6.14. The molecule has 0 fully saturated rings. The van der Waals surface area contributed by atoms with Crippen LogP contribution in [0.2, 0.25) is 5.02 Å². The molecule has 2 heterocycles. The maximum absolute atomic E-state index is 8.55. The number of ether oxygens (including phenoxy) is 1. The van der Waals surface area contributed by atoms with Crippen LogP contribution >= 0.6 is 11.6 Å². The van der Waals surface area contributed by atoms with E-state index in [1.54, 1.807) is 13.3 Å². The van der Waals surface area contributed by atoms with Gasteiger partial charge in [0.2, 0.25) is 0 Å². The van der Waals surface area contributed by atoms with Crippen LogP contribution in [0.5, 0.6) is 5.75 Å². The van der Waals surface area contributed by atoms with Crippen molar-refractivity contribution in [3.8, 4) is 5.75 Å². The quantitative estimate of drug-likeness (QED) is 0.746. The monoisotopic (exact) mass is 353 g/mol. The number of rotatable bonds is 3. The van der Waals surface area contributed by atoms with Crippen LogP contribution < -0.4 is 14.5 Å². The van der Waals surface area contributed by atoms with E-state index in [1.165, 1.54) is 0 Å². The first-order valence-electron chi connectivity index (χ1n) is 7.74. The summed E-state index contributed by atoms with van der Waals surface area (Å²) in [6, 6.07) is 15.3. The number of methoxy groups -OCH3 is 1. The van der Waals surface area contributed by atoms with Crippen molar-refractivity contribution in [2.45, 2.75) is 0 Å². The molecule has 1 aliphatic rings. The predicted molar refractivity (Wildman–Crippen MR) is 99.3 cm³/mol. The maximum Gasteiger partial charge on any atom is 0.141 e. The zero-order chi connectivity index (χ0) is 17.4. The van der Waals surface area contributed by atoms with Crippen molar-refractivity contribution in [1.82, 2.24) is 10.2 Å². The topological polar surface area (TPSA) is 68.2 Å². The summed E-state index contributed by atoms with van der Waals surface area (Å²) in [5, 5.41) is 16.3. The third-order valence-electron chi connectivity index (χ3n) is 4.20. The average Bonchev–Trinajstić information content (AvgIpc) is 3.13. The second-order valence-corrected chi connectivity index (χ2v) is 6.09. The van der Waals surface area contributed by atoms with Crippen LogP contribution in [0, 0.1) is 5.41 Å². The van der Waals surface area contributed by atoms with Crippen molar-refractivity contribution in [3.05, 3.63) is 65.3 Å². The van der Waals surface area contributed by atoms with Crippen LogP contribution in [0.25, 0.3) is 0 Å². The lowest BCUT2D eigenvalue weighted by atomic mass is 10.1. The van der Waals surface area contributed by atoms with Crippen molar-refractivity contribution < 1.29 is 4.74 Å². The zero-order valence-corrected chi connectivity index (χ0v) is 14.3. The highest BCUT2D eigenvalue weighted by molar-refractivity contribution is 6.30. The van der Waals surface area contributed by atoms with Crippen LogP contribution in [-0.2, 0) is 0 Å². The minimum Gasteiger partial charge on any atom is -0.497 e.